The number of carbonyl (C=O) groups is 2. The summed E-state index contributed by atoms with van der Waals surface area (Å²) in [5.74, 6) is 1.39. The fourth-order valence-electron chi connectivity index (χ4n) is 4.31. The van der Waals surface area contributed by atoms with E-state index in [0.29, 0.717) is 26.0 Å². The molecular weight excluding hydrogens is 428 g/mol. The van der Waals surface area contributed by atoms with Crippen LogP contribution in [-0.2, 0) is 16.1 Å². The molecule has 6 nitrogen and oxygen atoms in total. The second-order valence-corrected chi connectivity index (χ2v) is 9.16. The molecule has 0 radical (unpaired) electrons. The van der Waals surface area contributed by atoms with Gasteiger partial charge in [-0.2, -0.15) is 0 Å². The highest BCUT2D eigenvalue weighted by Crippen LogP contribution is 2.20. The summed E-state index contributed by atoms with van der Waals surface area (Å²) in [7, 11) is 1.62. The Morgan fingerprint density at radius 1 is 1.06 bits per heavy atom. The van der Waals surface area contributed by atoms with Crippen LogP contribution in [0, 0.1) is 6.92 Å². The topological polar surface area (TPSA) is 67.9 Å². The molecular formula is C28H38N2O4. The summed E-state index contributed by atoms with van der Waals surface area (Å²) in [6.07, 6.45) is 6.44. The Labute approximate surface area is 203 Å². The predicted molar refractivity (Wildman–Crippen MR) is 134 cm³/mol. The molecule has 1 atom stereocenters. The van der Waals surface area contributed by atoms with Gasteiger partial charge in [0.1, 0.15) is 17.5 Å². The third-order valence-electron chi connectivity index (χ3n) is 6.43. The van der Waals surface area contributed by atoms with Gasteiger partial charge >= 0.3 is 0 Å². The number of hydrogen-bond acceptors (Lipinski definition) is 4. The average molecular weight is 467 g/mol. The van der Waals surface area contributed by atoms with Crippen molar-refractivity contribution in [2.24, 2.45) is 0 Å². The van der Waals surface area contributed by atoms with Gasteiger partial charge in [0.15, 0.2) is 0 Å². The zero-order valence-corrected chi connectivity index (χ0v) is 20.7. The third kappa shape index (κ3) is 7.79. The van der Waals surface area contributed by atoms with Gasteiger partial charge in [-0.1, -0.05) is 49.1 Å². The maximum Gasteiger partial charge on any atom is 0.242 e. The van der Waals surface area contributed by atoms with Crippen molar-refractivity contribution < 1.29 is 19.1 Å². The molecule has 184 valence electrons. The molecule has 1 aliphatic carbocycles. The number of carbonyl (C=O) groups excluding carboxylic acids is 2. The molecule has 0 aromatic heterocycles. The van der Waals surface area contributed by atoms with E-state index in [-0.39, 0.29) is 17.9 Å². The van der Waals surface area contributed by atoms with E-state index >= 15 is 0 Å². The summed E-state index contributed by atoms with van der Waals surface area (Å²) in [4.78, 5) is 28.0. The number of rotatable bonds is 11. The van der Waals surface area contributed by atoms with Crippen molar-refractivity contribution in [3.8, 4) is 11.5 Å². The van der Waals surface area contributed by atoms with Gasteiger partial charge in [0.05, 0.1) is 13.7 Å². The maximum absolute atomic E-state index is 13.3. The van der Waals surface area contributed by atoms with Gasteiger partial charge in [-0.25, -0.2) is 0 Å². The van der Waals surface area contributed by atoms with E-state index in [1.165, 1.54) is 12.0 Å². The highest BCUT2D eigenvalue weighted by molar-refractivity contribution is 5.87. The lowest BCUT2D eigenvalue weighted by Crippen LogP contribution is -2.50. The van der Waals surface area contributed by atoms with E-state index in [9.17, 15) is 9.59 Å². The molecule has 0 saturated heterocycles. The molecule has 0 heterocycles. The molecule has 6 heteroatoms. The van der Waals surface area contributed by atoms with Gasteiger partial charge in [-0.15, -0.1) is 0 Å². The predicted octanol–water partition coefficient (Wildman–Crippen LogP) is 5.03. The number of nitrogens with zero attached hydrogens (tertiary/aromatic N) is 1. The average Bonchev–Trinajstić information content (AvgIpc) is 2.86. The first-order valence-corrected chi connectivity index (χ1v) is 12.4. The van der Waals surface area contributed by atoms with Crippen LogP contribution in [0.15, 0.2) is 48.5 Å². The van der Waals surface area contributed by atoms with Gasteiger partial charge in [-0.3, -0.25) is 9.59 Å². The van der Waals surface area contributed by atoms with Crippen molar-refractivity contribution in [1.82, 2.24) is 10.2 Å². The Morgan fingerprint density at radius 3 is 2.50 bits per heavy atom. The summed E-state index contributed by atoms with van der Waals surface area (Å²) in [5, 5.41) is 3.17. The van der Waals surface area contributed by atoms with Gasteiger partial charge in [0.2, 0.25) is 11.8 Å². The summed E-state index contributed by atoms with van der Waals surface area (Å²) in [5.41, 5.74) is 2.11. The molecule has 1 aliphatic rings. The summed E-state index contributed by atoms with van der Waals surface area (Å²) < 4.78 is 11.1. The van der Waals surface area contributed by atoms with Crippen LogP contribution in [0.5, 0.6) is 11.5 Å². The van der Waals surface area contributed by atoms with Gasteiger partial charge < -0.3 is 19.7 Å². The van der Waals surface area contributed by atoms with Crippen LogP contribution < -0.4 is 14.8 Å². The van der Waals surface area contributed by atoms with Crippen LogP contribution in [-0.4, -0.2) is 42.5 Å². The largest absolute Gasteiger partial charge is 0.497 e. The second kappa shape index (κ2) is 13.0. The number of ether oxygens (including phenoxy) is 2. The minimum atomic E-state index is -0.557. The molecule has 0 spiro atoms. The molecule has 2 amide bonds. The van der Waals surface area contributed by atoms with E-state index in [4.69, 9.17) is 9.47 Å². The molecule has 1 saturated carbocycles. The molecule has 0 aliphatic heterocycles. The Hall–Kier alpha value is -3.02. The fourth-order valence-corrected chi connectivity index (χ4v) is 4.31. The number of aryl methyl sites for hydroxylation is 1. The molecule has 1 N–H and O–H groups in total. The SMILES string of the molecule is COc1cccc(CN(C(=O)CCCOc2ccc(C)cc2)C(C)C(=O)NC2CCCCC2)c1. The lowest BCUT2D eigenvalue weighted by Gasteiger charge is -2.31. The Balaban J connectivity index is 1.62. The van der Waals surface area contributed by atoms with E-state index in [1.54, 1.807) is 12.0 Å². The van der Waals surface area contributed by atoms with Gasteiger partial charge in [-0.05, 0) is 62.9 Å². The van der Waals surface area contributed by atoms with Crippen molar-refractivity contribution in [2.45, 2.75) is 77.4 Å². The third-order valence-corrected chi connectivity index (χ3v) is 6.43. The standard InChI is InChI=1S/C28H38N2O4/c1-21-14-16-25(17-15-21)34-18-8-13-27(31)30(20-23-9-7-12-26(19-23)33-3)22(2)28(32)29-24-10-5-4-6-11-24/h7,9,12,14-17,19,22,24H,4-6,8,10-11,13,18,20H2,1-3H3,(H,29,32). The van der Waals surface area contributed by atoms with E-state index in [2.05, 4.69) is 5.32 Å². The van der Waals surface area contributed by atoms with E-state index in [0.717, 1.165) is 42.7 Å². The van der Waals surface area contributed by atoms with Crippen molar-refractivity contribution in [1.29, 1.82) is 0 Å². The number of nitrogens with one attached hydrogen (secondary N) is 1. The first-order valence-electron chi connectivity index (χ1n) is 12.4. The highest BCUT2D eigenvalue weighted by Gasteiger charge is 2.28. The van der Waals surface area contributed by atoms with Crippen molar-refractivity contribution in [3.63, 3.8) is 0 Å². The van der Waals surface area contributed by atoms with Crippen LogP contribution in [0.1, 0.15) is 63.0 Å². The van der Waals surface area contributed by atoms with Crippen molar-refractivity contribution in [3.05, 3.63) is 59.7 Å². The lowest BCUT2D eigenvalue weighted by atomic mass is 9.95. The quantitative estimate of drug-likeness (QED) is 0.472. The highest BCUT2D eigenvalue weighted by atomic mass is 16.5. The monoisotopic (exact) mass is 466 g/mol. The normalized spacial score (nSPS) is 14.8. The molecule has 2 aromatic rings. The van der Waals surface area contributed by atoms with E-state index in [1.807, 2.05) is 62.4 Å². The van der Waals surface area contributed by atoms with Crippen molar-refractivity contribution >= 4 is 11.8 Å². The first kappa shape index (κ1) is 25.6. The minimum Gasteiger partial charge on any atom is -0.497 e. The molecule has 3 rings (SSSR count). The van der Waals surface area contributed by atoms with Crippen LogP contribution in [0.4, 0.5) is 0 Å². The van der Waals surface area contributed by atoms with Gasteiger partial charge in [0, 0.05) is 19.0 Å². The van der Waals surface area contributed by atoms with Crippen LogP contribution in [0.25, 0.3) is 0 Å². The smallest absolute Gasteiger partial charge is 0.242 e. The summed E-state index contributed by atoms with van der Waals surface area (Å²) in [6, 6.07) is 15.2. The molecule has 1 fully saturated rings. The Kier molecular flexibility index (Phi) is 9.80. The minimum absolute atomic E-state index is 0.0541. The summed E-state index contributed by atoms with van der Waals surface area (Å²) >= 11 is 0. The zero-order chi connectivity index (χ0) is 24.3. The Bertz CT molecular complexity index is 922. The molecule has 0 bridgehead atoms. The number of benzene rings is 2. The molecule has 34 heavy (non-hydrogen) atoms. The molecule has 1 unspecified atom stereocenters. The zero-order valence-electron chi connectivity index (χ0n) is 20.7. The second-order valence-electron chi connectivity index (χ2n) is 9.16. The number of amides is 2. The van der Waals surface area contributed by atoms with Crippen LogP contribution in [0.3, 0.4) is 0 Å². The Morgan fingerprint density at radius 2 is 1.79 bits per heavy atom. The number of hydrogen-bond donors (Lipinski definition) is 1. The van der Waals surface area contributed by atoms with Crippen LogP contribution in [0.2, 0.25) is 0 Å². The summed E-state index contributed by atoms with van der Waals surface area (Å²) in [6.45, 7) is 4.66. The lowest BCUT2D eigenvalue weighted by molar-refractivity contribution is -0.141. The number of methoxy groups -OCH3 is 1. The van der Waals surface area contributed by atoms with Crippen LogP contribution >= 0.6 is 0 Å². The van der Waals surface area contributed by atoms with Crippen molar-refractivity contribution in [2.75, 3.05) is 13.7 Å². The molecule has 2 aromatic carbocycles. The first-order chi connectivity index (χ1) is 16.5. The van der Waals surface area contributed by atoms with E-state index < -0.39 is 6.04 Å². The fraction of sp³-hybridized carbons (Fsp3) is 0.500. The maximum atomic E-state index is 13.3. The van der Waals surface area contributed by atoms with Gasteiger partial charge in [0.25, 0.3) is 0 Å².